The maximum Gasteiger partial charge on any atom is 0.123 e. The molecule has 0 atom stereocenters. The van der Waals surface area contributed by atoms with Crippen LogP contribution in [0, 0.1) is 0 Å². The maximum atomic E-state index is 10.1. The number of hydrogen-bond acceptors (Lipinski definition) is 4. The van der Waals surface area contributed by atoms with E-state index in [4.69, 9.17) is 0 Å². The van der Waals surface area contributed by atoms with E-state index >= 15 is 0 Å². The molecule has 1 fully saturated rings. The maximum absolute atomic E-state index is 10.1. The molecule has 6 heteroatoms. The predicted octanol–water partition coefficient (Wildman–Crippen LogP) is 3.89. The Morgan fingerprint density at radius 1 is 1.23 bits per heavy atom. The number of rotatable bonds is 2. The zero-order chi connectivity index (χ0) is 14.2. The molecule has 2 aromatic heterocycles. The molecule has 3 aromatic rings. The first-order valence-electron chi connectivity index (χ1n) is 7.30. The van der Waals surface area contributed by atoms with Crippen molar-refractivity contribution in [2.24, 2.45) is 0 Å². The van der Waals surface area contributed by atoms with E-state index in [1.54, 1.807) is 11.3 Å². The van der Waals surface area contributed by atoms with E-state index in [0.29, 0.717) is 5.92 Å². The van der Waals surface area contributed by atoms with Crippen LogP contribution in [-0.4, -0.2) is 28.2 Å². The van der Waals surface area contributed by atoms with E-state index in [1.165, 1.54) is 15.6 Å². The Balaban J connectivity index is 0.00000144. The Kier molecular flexibility index (Phi) is 4.38. The Bertz CT molecular complexity index is 744. The summed E-state index contributed by atoms with van der Waals surface area (Å²) in [7, 11) is 0. The van der Waals surface area contributed by atoms with Gasteiger partial charge in [-0.15, -0.1) is 33.7 Å². The van der Waals surface area contributed by atoms with Gasteiger partial charge in [-0.05, 0) is 49.4 Å². The number of nitrogens with zero attached hydrogens (tertiary/aromatic N) is 2. The van der Waals surface area contributed by atoms with Crippen molar-refractivity contribution in [1.82, 2.24) is 15.3 Å². The molecule has 2 N–H and O–H groups in total. The number of hydrogen-bond donors (Lipinski definition) is 2. The normalized spacial score (nSPS) is 15.8. The lowest BCUT2D eigenvalue weighted by Gasteiger charge is -2.22. The summed E-state index contributed by atoms with van der Waals surface area (Å²) in [5.74, 6) is 0.479. The van der Waals surface area contributed by atoms with Gasteiger partial charge in [0.25, 0.3) is 0 Å². The third-order valence-electron chi connectivity index (χ3n) is 4.22. The SMILES string of the molecule is Cl.On1ncc(C2CCNCC2)c1-c1cc2ccccc2s1. The number of thiophene rings is 1. The Hall–Kier alpha value is -1.56. The molecule has 3 heterocycles. The molecule has 1 aromatic carbocycles. The van der Waals surface area contributed by atoms with Gasteiger partial charge >= 0.3 is 0 Å². The van der Waals surface area contributed by atoms with E-state index in [9.17, 15) is 5.21 Å². The zero-order valence-electron chi connectivity index (χ0n) is 12.0. The van der Waals surface area contributed by atoms with Crippen LogP contribution >= 0.6 is 23.7 Å². The van der Waals surface area contributed by atoms with Gasteiger partial charge in [0, 0.05) is 10.3 Å². The first kappa shape index (κ1) is 15.3. The van der Waals surface area contributed by atoms with Crippen molar-refractivity contribution >= 4 is 33.8 Å². The number of nitrogens with one attached hydrogen (secondary N) is 1. The van der Waals surface area contributed by atoms with Crippen molar-refractivity contribution in [2.45, 2.75) is 18.8 Å². The van der Waals surface area contributed by atoms with Crippen molar-refractivity contribution in [3.8, 4) is 10.6 Å². The van der Waals surface area contributed by atoms with Crippen LogP contribution in [0.3, 0.4) is 0 Å². The minimum absolute atomic E-state index is 0. The summed E-state index contributed by atoms with van der Waals surface area (Å²) in [5.41, 5.74) is 2.04. The van der Waals surface area contributed by atoms with Crippen LogP contribution < -0.4 is 5.32 Å². The fraction of sp³-hybridized carbons (Fsp3) is 0.312. The second-order valence-electron chi connectivity index (χ2n) is 5.51. The van der Waals surface area contributed by atoms with Crippen molar-refractivity contribution in [1.29, 1.82) is 0 Å². The van der Waals surface area contributed by atoms with Crippen LogP contribution in [0.1, 0.15) is 24.3 Å². The van der Waals surface area contributed by atoms with Gasteiger partial charge in [0.05, 0.1) is 11.1 Å². The smallest absolute Gasteiger partial charge is 0.123 e. The summed E-state index contributed by atoms with van der Waals surface area (Å²) >= 11 is 1.71. The topological polar surface area (TPSA) is 50.1 Å². The standard InChI is InChI=1S/C16H17N3OS.ClH/c20-19-16(13(10-18-19)11-5-7-17-8-6-11)15-9-12-3-1-2-4-14(12)21-15;/h1-4,9-11,17,20H,5-8H2;1H. The molecule has 22 heavy (non-hydrogen) atoms. The van der Waals surface area contributed by atoms with Gasteiger partial charge in [-0.1, -0.05) is 18.2 Å². The fourth-order valence-corrected chi connectivity index (χ4v) is 4.23. The second kappa shape index (κ2) is 6.28. The molecule has 4 nitrogen and oxygen atoms in total. The number of halogens is 1. The summed E-state index contributed by atoms with van der Waals surface area (Å²) in [6.45, 7) is 2.07. The van der Waals surface area contributed by atoms with Gasteiger partial charge < -0.3 is 10.5 Å². The van der Waals surface area contributed by atoms with Crippen LogP contribution in [-0.2, 0) is 0 Å². The molecular weight excluding hydrogens is 318 g/mol. The molecular formula is C16H18ClN3OS. The van der Waals surface area contributed by atoms with Gasteiger partial charge in [0.2, 0.25) is 0 Å². The third kappa shape index (κ3) is 2.60. The van der Waals surface area contributed by atoms with Crippen LogP contribution in [0.4, 0.5) is 0 Å². The largest absolute Gasteiger partial charge is 0.411 e. The van der Waals surface area contributed by atoms with Crippen molar-refractivity contribution in [3.63, 3.8) is 0 Å². The average molecular weight is 336 g/mol. The minimum Gasteiger partial charge on any atom is -0.411 e. The summed E-state index contributed by atoms with van der Waals surface area (Å²) in [4.78, 5) is 2.13. The highest BCUT2D eigenvalue weighted by Gasteiger charge is 2.24. The molecule has 116 valence electrons. The van der Waals surface area contributed by atoms with Crippen LogP contribution in [0.15, 0.2) is 36.5 Å². The predicted molar refractivity (Wildman–Crippen MR) is 92.3 cm³/mol. The quantitative estimate of drug-likeness (QED) is 0.698. The first-order chi connectivity index (χ1) is 10.3. The lowest BCUT2D eigenvalue weighted by Crippen LogP contribution is -2.26. The molecule has 0 amide bonds. The van der Waals surface area contributed by atoms with Crippen LogP contribution in [0.25, 0.3) is 20.7 Å². The fourth-order valence-electron chi connectivity index (χ4n) is 3.12. The van der Waals surface area contributed by atoms with E-state index in [0.717, 1.165) is 41.3 Å². The van der Waals surface area contributed by atoms with E-state index in [-0.39, 0.29) is 12.4 Å². The molecule has 1 saturated heterocycles. The first-order valence-corrected chi connectivity index (χ1v) is 8.11. The Morgan fingerprint density at radius 3 is 2.77 bits per heavy atom. The second-order valence-corrected chi connectivity index (χ2v) is 6.59. The lowest BCUT2D eigenvalue weighted by molar-refractivity contribution is 0.153. The summed E-state index contributed by atoms with van der Waals surface area (Å²) in [6, 6.07) is 10.5. The number of piperidine rings is 1. The van der Waals surface area contributed by atoms with Gasteiger partial charge in [0.1, 0.15) is 5.69 Å². The highest BCUT2D eigenvalue weighted by Crippen LogP contribution is 2.39. The summed E-state index contributed by atoms with van der Waals surface area (Å²) < 4.78 is 1.24. The molecule has 0 bridgehead atoms. The zero-order valence-corrected chi connectivity index (χ0v) is 13.7. The Morgan fingerprint density at radius 2 is 2.00 bits per heavy atom. The highest BCUT2D eigenvalue weighted by atomic mass is 35.5. The molecule has 0 radical (unpaired) electrons. The monoisotopic (exact) mass is 335 g/mol. The van der Waals surface area contributed by atoms with Gasteiger partial charge in [-0.25, -0.2) is 0 Å². The lowest BCUT2D eigenvalue weighted by atomic mass is 9.90. The van der Waals surface area contributed by atoms with Gasteiger partial charge in [0.15, 0.2) is 0 Å². The summed E-state index contributed by atoms with van der Waals surface area (Å²) in [5, 5.41) is 18.8. The molecule has 4 rings (SSSR count). The molecule has 0 saturated carbocycles. The summed E-state index contributed by atoms with van der Waals surface area (Å²) in [6.07, 6.45) is 4.03. The molecule has 0 aliphatic carbocycles. The number of fused-ring (bicyclic) bond motifs is 1. The molecule has 0 unspecified atom stereocenters. The van der Waals surface area contributed by atoms with Crippen molar-refractivity contribution < 1.29 is 5.21 Å². The third-order valence-corrected chi connectivity index (χ3v) is 5.34. The number of aromatic nitrogens is 2. The Labute approximate surface area is 139 Å². The van der Waals surface area contributed by atoms with E-state index in [1.807, 2.05) is 18.3 Å². The van der Waals surface area contributed by atoms with E-state index in [2.05, 4.69) is 28.6 Å². The van der Waals surface area contributed by atoms with Gasteiger partial charge in [-0.2, -0.15) is 0 Å². The number of benzene rings is 1. The average Bonchev–Trinajstić information content (AvgIpc) is 3.11. The van der Waals surface area contributed by atoms with Crippen molar-refractivity contribution in [3.05, 3.63) is 42.1 Å². The van der Waals surface area contributed by atoms with Crippen LogP contribution in [0.5, 0.6) is 0 Å². The van der Waals surface area contributed by atoms with Gasteiger partial charge in [-0.3, -0.25) is 0 Å². The minimum atomic E-state index is 0. The van der Waals surface area contributed by atoms with E-state index < -0.39 is 0 Å². The highest BCUT2D eigenvalue weighted by molar-refractivity contribution is 7.22. The van der Waals surface area contributed by atoms with Crippen molar-refractivity contribution in [2.75, 3.05) is 13.1 Å². The molecule has 0 spiro atoms. The van der Waals surface area contributed by atoms with Crippen LogP contribution in [0.2, 0.25) is 0 Å². The molecule has 1 aliphatic heterocycles. The molecule has 1 aliphatic rings.